The topological polar surface area (TPSA) is 56.5 Å². The molecule has 0 fully saturated rings. The molecule has 6 heteroatoms. The van der Waals surface area contributed by atoms with E-state index in [1.54, 1.807) is 14.2 Å². The van der Waals surface area contributed by atoms with Crippen molar-refractivity contribution in [3.63, 3.8) is 0 Å². The summed E-state index contributed by atoms with van der Waals surface area (Å²) in [6.07, 6.45) is 0. The number of rotatable bonds is 1. The fourth-order valence-electron chi connectivity index (χ4n) is 2.92. The van der Waals surface area contributed by atoms with Gasteiger partial charge in [-0.1, -0.05) is 6.07 Å². The molecule has 6 nitrogen and oxygen atoms in total. The van der Waals surface area contributed by atoms with Crippen molar-refractivity contribution in [3.8, 4) is 16.9 Å². The highest BCUT2D eigenvalue weighted by atomic mass is 16.5. The number of aromatic nitrogens is 2. The molecule has 2 heterocycles. The van der Waals surface area contributed by atoms with E-state index in [0.29, 0.717) is 17.9 Å². The van der Waals surface area contributed by atoms with Gasteiger partial charge in [0.15, 0.2) is 0 Å². The third kappa shape index (κ3) is 1.79. The first kappa shape index (κ1) is 13.5. The van der Waals surface area contributed by atoms with Gasteiger partial charge in [0, 0.05) is 27.7 Å². The minimum atomic E-state index is -0.317. The summed E-state index contributed by atoms with van der Waals surface area (Å²) in [7, 11) is 6.68. The van der Waals surface area contributed by atoms with Crippen molar-refractivity contribution < 1.29 is 4.74 Å². The number of fused-ring (bicyclic) bond motifs is 3. The molecule has 21 heavy (non-hydrogen) atoms. The second-order valence-corrected chi connectivity index (χ2v) is 5.28. The first-order valence-electron chi connectivity index (χ1n) is 6.64. The highest BCUT2D eigenvalue weighted by Gasteiger charge is 2.27. The normalized spacial score (nSPS) is 12.9. The van der Waals surface area contributed by atoms with Crippen molar-refractivity contribution >= 4 is 5.82 Å². The summed E-state index contributed by atoms with van der Waals surface area (Å²) in [5.41, 5.74) is 1.85. The lowest BCUT2D eigenvalue weighted by Gasteiger charge is -2.31. The SMILES string of the molecule is COc1ccc2c(c1)CN(C)c1c-2c(=O)n(C)c(=O)n1C. The zero-order valence-electron chi connectivity index (χ0n) is 12.5. The van der Waals surface area contributed by atoms with Crippen molar-refractivity contribution in [2.24, 2.45) is 14.1 Å². The Balaban J connectivity index is 2.42. The summed E-state index contributed by atoms with van der Waals surface area (Å²) in [5, 5.41) is 0. The Bertz CT molecular complexity index is 848. The molecule has 0 saturated carbocycles. The minimum absolute atomic E-state index is 0.272. The predicted octanol–water partition coefficient (Wildman–Crippen LogP) is 0.709. The fraction of sp³-hybridized carbons (Fsp3) is 0.333. The lowest BCUT2D eigenvalue weighted by molar-refractivity contribution is 0.414. The van der Waals surface area contributed by atoms with Gasteiger partial charge in [-0.2, -0.15) is 0 Å². The number of ether oxygens (including phenoxy) is 1. The standard InChI is InChI=1S/C15H17N3O3/c1-16-8-9-7-10(21-4)5-6-11(9)12-13(16)17(2)15(20)18(3)14(12)19/h5-7H,8H2,1-4H3. The van der Waals surface area contributed by atoms with Crippen LogP contribution >= 0.6 is 0 Å². The average Bonchev–Trinajstić information content (AvgIpc) is 2.48. The van der Waals surface area contributed by atoms with Crippen LogP contribution in [0.5, 0.6) is 5.75 Å². The van der Waals surface area contributed by atoms with Crippen LogP contribution in [0.3, 0.4) is 0 Å². The molecule has 0 spiro atoms. The molecule has 0 radical (unpaired) electrons. The molecule has 0 aliphatic carbocycles. The Morgan fingerprint density at radius 1 is 1.10 bits per heavy atom. The molecule has 1 aromatic heterocycles. The number of hydrogen-bond acceptors (Lipinski definition) is 4. The highest BCUT2D eigenvalue weighted by molar-refractivity contribution is 5.81. The molecular formula is C15H17N3O3. The van der Waals surface area contributed by atoms with Gasteiger partial charge in [-0.05, 0) is 23.3 Å². The Morgan fingerprint density at radius 3 is 2.48 bits per heavy atom. The first-order valence-corrected chi connectivity index (χ1v) is 6.64. The van der Waals surface area contributed by atoms with E-state index < -0.39 is 0 Å². The molecule has 0 bridgehead atoms. The third-order valence-electron chi connectivity index (χ3n) is 3.98. The summed E-state index contributed by atoms with van der Waals surface area (Å²) in [6.45, 7) is 0.625. The molecule has 1 aliphatic rings. The average molecular weight is 287 g/mol. The van der Waals surface area contributed by atoms with E-state index in [1.165, 1.54) is 11.6 Å². The molecule has 0 unspecified atom stereocenters. The van der Waals surface area contributed by atoms with Crippen molar-refractivity contribution in [1.82, 2.24) is 9.13 Å². The number of methoxy groups -OCH3 is 1. The molecule has 3 rings (SSSR count). The van der Waals surface area contributed by atoms with Crippen LogP contribution in [0.1, 0.15) is 5.56 Å². The molecule has 2 aromatic rings. The van der Waals surface area contributed by atoms with E-state index >= 15 is 0 Å². The summed E-state index contributed by atoms with van der Waals surface area (Å²) in [4.78, 5) is 26.6. The summed E-state index contributed by atoms with van der Waals surface area (Å²) in [5.74, 6) is 1.41. The smallest absolute Gasteiger partial charge is 0.332 e. The molecule has 0 atom stereocenters. The van der Waals surface area contributed by atoms with Crippen molar-refractivity contribution in [2.45, 2.75) is 6.54 Å². The van der Waals surface area contributed by atoms with Crippen LogP contribution in [0.15, 0.2) is 27.8 Å². The van der Waals surface area contributed by atoms with Crippen LogP contribution in [0, 0.1) is 0 Å². The molecule has 0 saturated heterocycles. The zero-order chi connectivity index (χ0) is 15.3. The van der Waals surface area contributed by atoms with Crippen LogP contribution in [-0.2, 0) is 20.6 Å². The summed E-state index contributed by atoms with van der Waals surface area (Å²) >= 11 is 0. The Hall–Kier alpha value is -2.50. The van der Waals surface area contributed by atoms with Gasteiger partial charge in [-0.3, -0.25) is 13.9 Å². The van der Waals surface area contributed by atoms with Crippen LogP contribution < -0.4 is 20.9 Å². The molecule has 0 N–H and O–H groups in total. The van der Waals surface area contributed by atoms with Gasteiger partial charge in [0.1, 0.15) is 11.6 Å². The monoisotopic (exact) mass is 287 g/mol. The van der Waals surface area contributed by atoms with E-state index in [2.05, 4.69) is 0 Å². The van der Waals surface area contributed by atoms with Crippen LogP contribution in [0.4, 0.5) is 5.82 Å². The molecular weight excluding hydrogens is 270 g/mol. The third-order valence-corrected chi connectivity index (χ3v) is 3.98. The first-order chi connectivity index (χ1) is 9.95. The largest absolute Gasteiger partial charge is 0.497 e. The zero-order valence-corrected chi connectivity index (χ0v) is 12.5. The second kappa shape index (κ2) is 4.51. The molecule has 110 valence electrons. The van der Waals surface area contributed by atoms with E-state index in [9.17, 15) is 9.59 Å². The predicted molar refractivity (Wildman–Crippen MR) is 81.0 cm³/mol. The summed E-state index contributed by atoms with van der Waals surface area (Å²) in [6, 6.07) is 5.64. The van der Waals surface area contributed by atoms with Gasteiger partial charge in [-0.25, -0.2) is 4.79 Å². The van der Waals surface area contributed by atoms with Crippen LogP contribution in [-0.4, -0.2) is 23.3 Å². The molecule has 1 aromatic carbocycles. The molecule has 1 aliphatic heterocycles. The van der Waals surface area contributed by atoms with Gasteiger partial charge in [0.2, 0.25) is 0 Å². The van der Waals surface area contributed by atoms with Gasteiger partial charge < -0.3 is 9.64 Å². The number of anilines is 1. The Labute approximate surface area is 121 Å². The van der Waals surface area contributed by atoms with E-state index in [1.807, 2.05) is 30.1 Å². The van der Waals surface area contributed by atoms with E-state index in [-0.39, 0.29) is 11.2 Å². The lowest BCUT2D eigenvalue weighted by atomic mass is 9.96. The van der Waals surface area contributed by atoms with Gasteiger partial charge in [-0.15, -0.1) is 0 Å². The number of nitrogens with zero attached hydrogens (tertiary/aromatic N) is 3. The lowest BCUT2D eigenvalue weighted by Crippen LogP contribution is -2.42. The molecule has 0 amide bonds. The van der Waals surface area contributed by atoms with E-state index in [0.717, 1.165) is 21.4 Å². The minimum Gasteiger partial charge on any atom is -0.497 e. The fourth-order valence-corrected chi connectivity index (χ4v) is 2.92. The maximum atomic E-state index is 12.5. The number of benzene rings is 1. The maximum Gasteiger partial charge on any atom is 0.332 e. The van der Waals surface area contributed by atoms with Crippen molar-refractivity contribution in [1.29, 1.82) is 0 Å². The highest BCUT2D eigenvalue weighted by Crippen LogP contribution is 2.36. The van der Waals surface area contributed by atoms with Gasteiger partial charge in [0.25, 0.3) is 5.56 Å². The van der Waals surface area contributed by atoms with Gasteiger partial charge >= 0.3 is 5.69 Å². The van der Waals surface area contributed by atoms with E-state index in [4.69, 9.17) is 4.74 Å². The van der Waals surface area contributed by atoms with Crippen LogP contribution in [0.25, 0.3) is 11.1 Å². The quantitative estimate of drug-likeness (QED) is 0.775. The Kier molecular flexibility index (Phi) is 2.90. The van der Waals surface area contributed by atoms with Gasteiger partial charge in [0.05, 0.1) is 12.7 Å². The summed E-state index contributed by atoms with van der Waals surface area (Å²) < 4.78 is 7.91. The van der Waals surface area contributed by atoms with Crippen LogP contribution in [0.2, 0.25) is 0 Å². The van der Waals surface area contributed by atoms with Crippen molar-refractivity contribution in [3.05, 3.63) is 44.6 Å². The Morgan fingerprint density at radius 2 is 1.81 bits per heavy atom. The van der Waals surface area contributed by atoms with Crippen molar-refractivity contribution in [2.75, 3.05) is 19.1 Å². The second-order valence-electron chi connectivity index (χ2n) is 5.28. The maximum absolute atomic E-state index is 12.5. The number of hydrogen-bond donors (Lipinski definition) is 0.